The van der Waals surface area contributed by atoms with Crippen molar-refractivity contribution in [2.75, 3.05) is 0 Å². The zero-order valence-corrected chi connectivity index (χ0v) is 11.1. The van der Waals surface area contributed by atoms with Gasteiger partial charge < -0.3 is 5.73 Å². The molecule has 17 heavy (non-hydrogen) atoms. The van der Waals surface area contributed by atoms with E-state index in [0.29, 0.717) is 0 Å². The minimum Gasteiger partial charge on any atom is -0.324 e. The fourth-order valence-corrected chi connectivity index (χ4v) is 2.87. The SMILES string of the molecule is CCc1ccc(CC(N)c2ccnc(C)c2)s1. The molecule has 2 aromatic heterocycles. The second kappa shape index (κ2) is 5.43. The lowest BCUT2D eigenvalue weighted by molar-refractivity contribution is 0.727. The van der Waals surface area contributed by atoms with E-state index >= 15 is 0 Å². The Bertz CT molecular complexity index is 490. The molecule has 1 atom stereocenters. The van der Waals surface area contributed by atoms with Crippen LogP contribution in [0.15, 0.2) is 30.5 Å². The lowest BCUT2D eigenvalue weighted by Crippen LogP contribution is -2.12. The van der Waals surface area contributed by atoms with Crippen LogP contribution in [-0.2, 0) is 12.8 Å². The van der Waals surface area contributed by atoms with Crippen LogP contribution in [0.1, 0.15) is 34.0 Å². The normalized spacial score (nSPS) is 12.6. The predicted octanol–water partition coefficient (Wildman–Crippen LogP) is 3.26. The molecule has 2 rings (SSSR count). The van der Waals surface area contributed by atoms with Crippen LogP contribution in [0.3, 0.4) is 0 Å². The number of pyridine rings is 1. The van der Waals surface area contributed by atoms with Crippen molar-refractivity contribution in [3.05, 3.63) is 51.5 Å². The van der Waals surface area contributed by atoms with Gasteiger partial charge in [-0.05, 0) is 43.2 Å². The number of nitrogens with zero attached hydrogens (tertiary/aromatic N) is 1. The fraction of sp³-hybridized carbons (Fsp3) is 0.357. The van der Waals surface area contributed by atoms with Gasteiger partial charge in [-0.3, -0.25) is 4.98 Å². The van der Waals surface area contributed by atoms with E-state index in [1.807, 2.05) is 30.5 Å². The van der Waals surface area contributed by atoms with E-state index in [1.165, 1.54) is 15.3 Å². The highest BCUT2D eigenvalue weighted by Gasteiger charge is 2.09. The second-order valence-corrected chi connectivity index (χ2v) is 5.52. The van der Waals surface area contributed by atoms with Gasteiger partial charge >= 0.3 is 0 Å². The van der Waals surface area contributed by atoms with E-state index in [2.05, 4.69) is 30.1 Å². The Hall–Kier alpha value is -1.19. The van der Waals surface area contributed by atoms with Crippen molar-refractivity contribution in [2.24, 2.45) is 5.73 Å². The first-order chi connectivity index (χ1) is 8.19. The molecule has 0 saturated carbocycles. The Balaban J connectivity index is 2.08. The van der Waals surface area contributed by atoms with Crippen LogP contribution in [0.5, 0.6) is 0 Å². The van der Waals surface area contributed by atoms with Crippen molar-refractivity contribution in [3.63, 3.8) is 0 Å². The van der Waals surface area contributed by atoms with Crippen LogP contribution < -0.4 is 5.73 Å². The standard InChI is InChI=1S/C14H18N2S/c1-3-12-4-5-13(17-12)9-14(15)11-6-7-16-10(2)8-11/h4-8,14H,3,9,15H2,1-2H3. The lowest BCUT2D eigenvalue weighted by Gasteiger charge is -2.11. The molecular weight excluding hydrogens is 228 g/mol. The Kier molecular flexibility index (Phi) is 3.92. The van der Waals surface area contributed by atoms with Gasteiger partial charge in [0.2, 0.25) is 0 Å². The molecule has 0 fully saturated rings. The molecular formula is C14H18N2S. The summed E-state index contributed by atoms with van der Waals surface area (Å²) in [6.45, 7) is 4.18. The molecule has 1 unspecified atom stereocenters. The van der Waals surface area contributed by atoms with E-state index < -0.39 is 0 Å². The van der Waals surface area contributed by atoms with Crippen molar-refractivity contribution in [3.8, 4) is 0 Å². The van der Waals surface area contributed by atoms with Gasteiger partial charge in [0.1, 0.15) is 0 Å². The Morgan fingerprint density at radius 1 is 1.29 bits per heavy atom. The maximum Gasteiger partial charge on any atom is 0.0375 e. The maximum atomic E-state index is 6.23. The summed E-state index contributed by atoms with van der Waals surface area (Å²) in [4.78, 5) is 6.99. The van der Waals surface area contributed by atoms with E-state index in [-0.39, 0.29) is 6.04 Å². The van der Waals surface area contributed by atoms with Gasteiger partial charge in [0, 0.05) is 34.1 Å². The number of hydrogen-bond acceptors (Lipinski definition) is 3. The summed E-state index contributed by atoms with van der Waals surface area (Å²) >= 11 is 1.86. The lowest BCUT2D eigenvalue weighted by atomic mass is 10.0. The number of aromatic nitrogens is 1. The summed E-state index contributed by atoms with van der Waals surface area (Å²) in [5, 5.41) is 0. The van der Waals surface area contributed by atoms with Gasteiger partial charge in [-0.1, -0.05) is 6.92 Å². The van der Waals surface area contributed by atoms with E-state index in [9.17, 15) is 0 Å². The fourth-order valence-electron chi connectivity index (χ4n) is 1.85. The van der Waals surface area contributed by atoms with Crippen molar-refractivity contribution in [2.45, 2.75) is 32.7 Å². The van der Waals surface area contributed by atoms with Crippen molar-refractivity contribution >= 4 is 11.3 Å². The van der Waals surface area contributed by atoms with Gasteiger partial charge in [-0.15, -0.1) is 11.3 Å². The molecule has 2 nitrogen and oxygen atoms in total. The van der Waals surface area contributed by atoms with E-state index in [0.717, 1.165) is 18.5 Å². The monoisotopic (exact) mass is 246 g/mol. The number of thiophene rings is 1. The summed E-state index contributed by atoms with van der Waals surface area (Å²) in [6, 6.07) is 8.53. The third kappa shape index (κ3) is 3.14. The largest absolute Gasteiger partial charge is 0.324 e. The number of rotatable bonds is 4. The molecule has 0 aliphatic rings. The molecule has 0 saturated heterocycles. The topological polar surface area (TPSA) is 38.9 Å². The minimum atomic E-state index is 0.0695. The van der Waals surface area contributed by atoms with Crippen LogP contribution in [0.25, 0.3) is 0 Å². The number of aryl methyl sites for hydroxylation is 2. The molecule has 90 valence electrons. The molecule has 0 spiro atoms. The number of nitrogens with two attached hydrogens (primary N) is 1. The van der Waals surface area contributed by atoms with Gasteiger partial charge in [0.25, 0.3) is 0 Å². The highest BCUT2D eigenvalue weighted by molar-refractivity contribution is 7.11. The Morgan fingerprint density at radius 2 is 2.06 bits per heavy atom. The zero-order chi connectivity index (χ0) is 12.3. The molecule has 2 aromatic rings. The molecule has 2 heterocycles. The molecule has 0 aliphatic heterocycles. The molecule has 0 amide bonds. The van der Waals surface area contributed by atoms with E-state index in [1.54, 1.807) is 0 Å². The summed E-state index contributed by atoms with van der Waals surface area (Å²) < 4.78 is 0. The van der Waals surface area contributed by atoms with E-state index in [4.69, 9.17) is 5.73 Å². The van der Waals surface area contributed by atoms with Gasteiger partial charge in [-0.2, -0.15) is 0 Å². The van der Waals surface area contributed by atoms with Crippen molar-refractivity contribution in [1.82, 2.24) is 4.98 Å². The van der Waals surface area contributed by atoms with Crippen molar-refractivity contribution in [1.29, 1.82) is 0 Å². The quantitative estimate of drug-likeness (QED) is 0.899. The highest BCUT2D eigenvalue weighted by Crippen LogP contribution is 2.22. The second-order valence-electron chi connectivity index (χ2n) is 4.26. The summed E-state index contributed by atoms with van der Waals surface area (Å²) in [7, 11) is 0. The van der Waals surface area contributed by atoms with Crippen LogP contribution in [-0.4, -0.2) is 4.98 Å². The third-order valence-corrected chi connectivity index (χ3v) is 4.09. The Morgan fingerprint density at radius 3 is 2.71 bits per heavy atom. The molecule has 0 aliphatic carbocycles. The van der Waals surface area contributed by atoms with Crippen LogP contribution in [0.4, 0.5) is 0 Å². The minimum absolute atomic E-state index is 0.0695. The first-order valence-corrected chi connectivity index (χ1v) is 6.76. The van der Waals surface area contributed by atoms with Crippen LogP contribution >= 0.6 is 11.3 Å². The smallest absolute Gasteiger partial charge is 0.0375 e. The first-order valence-electron chi connectivity index (χ1n) is 5.94. The van der Waals surface area contributed by atoms with Crippen LogP contribution in [0, 0.1) is 6.92 Å². The summed E-state index contributed by atoms with van der Waals surface area (Å²) in [5.41, 5.74) is 8.42. The average molecular weight is 246 g/mol. The van der Waals surface area contributed by atoms with Gasteiger partial charge in [0.15, 0.2) is 0 Å². The van der Waals surface area contributed by atoms with Gasteiger partial charge in [0.05, 0.1) is 0 Å². The highest BCUT2D eigenvalue weighted by atomic mass is 32.1. The average Bonchev–Trinajstić information content (AvgIpc) is 2.77. The van der Waals surface area contributed by atoms with Gasteiger partial charge in [-0.25, -0.2) is 0 Å². The zero-order valence-electron chi connectivity index (χ0n) is 10.3. The molecule has 0 aromatic carbocycles. The summed E-state index contributed by atoms with van der Waals surface area (Å²) in [5.74, 6) is 0. The van der Waals surface area contributed by atoms with Crippen LogP contribution in [0.2, 0.25) is 0 Å². The van der Waals surface area contributed by atoms with Crippen molar-refractivity contribution < 1.29 is 0 Å². The maximum absolute atomic E-state index is 6.23. The molecule has 0 bridgehead atoms. The third-order valence-electron chi connectivity index (χ3n) is 2.84. The molecule has 0 radical (unpaired) electrons. The molecule has 2 N–H and O–H groups in total. The predicted molar refractivity (Wildman–Crippen MR) is 73.3 cm³/mol. The molecule has 3 heteroatoms. The Labute approximate surface area is 107 Å². The summed E-state index contributed by atoms with van der Waals surface area (Å²) in [6.07, 6.45) is 3.85. The first kappa shape index (κ1) is 12.3. The number of hydrogen-bond donors (Lipinski definition) is 1.